The lowest BCUT2D eigenvalue weighted by Gasteiger charge is -2.36. The molecular weight excluding hydrogens is 342 g/mol. The third kappa shape index (κ3) is 5.97. The maximum Gasteiger partial charge on any atom is 0.512 e. The summed E-state index contributed by atoms with van der Waals surface area (Å²) in [5.41, 5.74) is 1.92. The second kappa shape index (κ2) is 9.72. The van der Waals surface area contributed by atoms with E-state index in [9.17, 15) is 4.79 Å². The molecule has 0 bridgehead atoms. The molecule has 1 unspecified atom stereocenters. The lowest BCUT2D eigenvalue weighted by Crippen LogP contribution is -2.49. The van der Waals surface area contributed by atoms with Crippen molar-refractivity contribution in [2.75, 3.05) is 40.6 Å². The van der Waals surface area contributed by atoms with Crippen LogP contribution in [-0.2, 0) is 9.47 Å². The molecule has 0 saturated carbocycles. The van der Waals surface area contributed by atoms with E-state index in [1.165, 1.54) is 38.1 Å². The van der Waals surface area contributed by atoms with E-state index >= 15 is 0 Å². The van der Waals surface area contributed by atoms with Gasteiger partial charge in [0.05, 0.1) is 39.0 Å². The minimum absolute atomic E-state index is 0.273. The Morgan fingerprint density at radius 3 is 2.92 bits per heavy atom. The molecule has 0 N–H and O–H groups in total. The van der Waals surface area contributed by atoms with Gasteiger partial charge in [-0.15, -0.1) is 4.37 Å². The van der Waals surface area contributed by atoms with Crippen LogP contribution >= 0.6 is 11.7 Å². The number of nitrogens with zero attached hydrogens (tertiary/aromatic N) is 3. The first-order chi connectivity index (χ1) is 12.1. The van der Waals surface area contributed by atoms with Gasteiger partial charge in [0.2, 0.25) is 6.73 Å². The van der Waals surface area contributed by atoms with Crippen LogP contribution in [0.1, 0.15) is 44.7 Å². The topological polar surface area (TPSA) is 70.5 Å². The maximum absolute atomic E-state index is 11.2. The number of carbonyl (C=O) groups is 1. The average Bonchev–Trinajstić information content (AvgIpc) is 3.08. The van der Waals surface area contributed by atoms with Crippen molar-refractivity contribution in [2.24, 2.45) is 0 Å². The van der Waals surface area contributed by atoms with Crippen LogP contribution in [0.25, 0.3) is 5.57 Å². The van der Waals surface area contributed by atoms with Crippen LogP contribution in [0, 0.1) is 0 Å². The summed E-state index contributed by atoms with van der Waals surface area (Å²) in [4.78, 5) is 11.2. The number of aromatic nitrogens is 2. The number of unbranched alkanes of at least 4 members (excludes halogenated alkanes) is 3. The molecule has 0 radical (unpaired) electrons. The van der Waals surface area contributed by atoms with Crippen molar-refractivity contribution in [1.82, 2.24) is 8.75 Å². The Morgan fingerprint density at radius 2 is 2.16 bits per heavy atom. The highest BCUT2D eigenvalue weighted by atomic mass is 32.1. The van der Waals surface area contributed by atoms with E-state index < -0.39 is 6.16 Å². The van der Waals surface area contributed by atoms with E-state index in [4.69, 9.17) is 9.47 Å². The predicted octanol–water partition coefficient (Wildman–Crippen LogP) is 3.47. The SMILES string of the molecule is CCCCCCOc1nsnc1C1=CCC[N+](C)(COC(=O)OC)C1. The van der Waals surface area contributed by atoms with Crippen LogP contribution in [0.2, 0.25) is 0 Å². The second-order valence-corrected chi connectivity index (χ2v) is 7.10. The summed E-state index contributed by atoms with van der Waals surface area (Å²) in [7, 11) is 3.37. The molecule has 0 aliphatic carbocycles. The molecule has 1 aromatic rings. The smallest absolute Gasteiger partial charge is 0.475 e. The molecule has 140 valence electrons. The monoisotopic (exact) mass is 370 g/mol. The predicted molar refractivity (Wildman–Crippen MR) is 96.4 cm³/mol. The van der Waals surface area contributed by atoms with Gasteiger partial charge in [-0.2, -0.15) is 4.37 Å². The van der Waals surface area contributed by atoms with Crippen molar-refractivity contribution in [2.45, 2.75) is 39.0 Å². The minimum Gasteiger partial charge on any atom is -0.475 e. The Kier molecular flexibility index (Phi) is 7.64. The quantitative estimate of drug-likeness (QED) is 0.377. The number of ether oxygens (including phenoxy) is 3. The molecule has 8 heteroatoms. The van der Waals surface area contributed by atoms with Crippen LogP contribution in [0.4, 0.5) is 4.79 Å². The summed E-state index contributed by atoms with van der Waals surface area (Å²) in [6.45, 7) is 4.75. The maximum atomic E-state index is 11.2. The van der Waals surface area contributed by atoms with Crippen LogP contribution < -0.4 is 4.74 Å². The molecule has 0 amide bonds. The number of likely N-dealkylation sites (N-methyl/N-ethyl adjacent to an activating group) is 1. The highest BCUT2D eigenvalue weighted by Crippen LogP contribution is 2.30. The molecule has 2 heterocycles. The second-order valence-electron chi connectivity index (χ2n) is 6.57. The average molecular weight is 370 g/mol. The van der Waals surface area contributed by atoms with Gasteiger partial charge in [0.15, 0.2) is 0 Å². The van der Waals surface area contributed by atoms with Crippen LogP contribution in [0.15, 0.2) is 6.08 Å². The zero-order valence-corrected chi connectivity index (χ0v) is 16.1. The Bertz CT molecular complexity index is 590. The van der Waals surface area contributed by atoms with Crippen molar-refractivity contribution in [3.63, 3.8) is 0 Å². The van der Waals surface area contributed by atoms with E-state index in [0.29, 0.717) is 23.5 Å². The molecule has 1 aromatic heterocycles. The van der Waals surface area contributed by atoms with E-state index in [0.717, 1.165) is 30.7 Å². The van der Waals surface area contributed by atoms with Gasteiger partial charge in [0.1, 0.15) is 12.2 Å². The number of rotatable bonds is 9. The minimum atomic E-state index is -0.651. The molecule has 0 spiro atoms. The zero-order chi connectivity index (χ0) is 18.1. The molecule has 2 rings (SSSR count). The molecule has 7 nitrogen and oxygen atoms in total. The first-order valence-electron chi connectivity index (χ1n) is 8.77. The Hall–Kier alpha value is -1.67. The fraction of sp³-hybridized carbons (Fsp3) is 0.706. The first-order valence-corrected chi connectivity index (χ1v) is 9.50. The van der Waals surface area contributed by atoms with Gasteiger partial charge in [-0.05, 0) is 6.42 Å². The first kappa shape index (κ1) is 19.7. The van der Waals surface area contributed by atoms with Crippen LogP contribution in [-0.4, -0.2) is 60.0 Å². The Labute approximate surface area is 153 Å². The highest BCUT2D eigenvalue weighted by molar-refractivity contribution is 6.99. The Balaban J connectivity index is 1.93. The van der Waals surface area contributed by atoms with Crippen molar-refractivity contribution >= 4 is 23.5 Å². The normalized spacial score (nSPS) is 20.0. The summed E-state index contributed by atoms with van der Waals surface area (Å²) in [5.74, 6) is 0.620. The molecule has 25 heavy (non-hydrogen) atoms. The summed E-state index contributed by atoms with van der Waals surface area (Å²) < 4.78 is 24.9. The largest absolute Gasteiger partial charge is 0.512 e. The highest BCUT2D eigenvalue weighted by Gasteiger charge is 2.31. The number of quaternary nitrogens is 1. The summed E-state index contributed by atoms with van der Waals surface area (Å²) in [6, 6.07) is 0. The van der Waals surface area contributed by atoms with Crippen molar-refractivity contribution in [3.8, 4) is 5.88 Å². The molecule has 0 saturated heterocycles. The summed E-state index contributed by atoms with van der Waals surface area (Å²) >= 11 is 1.17. The van der Waals surface area contributed by atoms with Gasteiger partial charge in [-0.25, -0.2) is 4.79 Å². The van der Waals surface area contributed by atoms with E-state index in [1.807, 2.05) is 0 Å². The zero-order valence-electron chi connectivity index (χ0n) is 15.3. The van der Waals surface area contributed by atoms with Gasteiger partial charge < -0.3 is 14.2 Å². The van der Waals surface area contributed by atoms with E-state index in [-0.39, 0.29) is 6.73 Å². The summed E-state index contributed by atoms with van der Waals surface area (Å²) in [6.07, 6.45) is 7.06. The van der Waals surface area contributed by atoms with E-state index in [1.54, 1.807) is 0 Å². The molecule has 0 aromatic carbocycles. The van der Waals surface area contributed by atoms with Crippen molar-refractivity contribution < 1.29 is 23.5 Å². The summed E-state index contributed by atoms with van der Waals surface area (Å²) in [5, 5.41) is 0. The fourth-order valence-electron chi connectivity index (χ4n) is 2.82. The van der Waals surface area contributed by atoms with Crippen LogP contribution in [0.3, 0.4) is 0 Å². The fourth-order valence-corrected chi connectivity index (χ4v) is 3.35. The lowest BCUT2D eigenvalue weighted by molar-refractivity contribution is -0.919. The van der Waals surface area contributed by atoms with Gasteiger partial charge in [0.25, 0.3) is 5.88 Å². The van der Waals surface area contributed by atoms with Crippen molar-refractivity contribution in [3.05, 3.63) is 11.8 Å². The molecule has 1 atom stereocenters. The molecule has 1 aliphatic heterocycles. The Morgan fingerprint density at radius 1 is 1.32 bits per heavy atom. The van der Waals surface area contributed by atoms with Gasteiger partial charge in [-0.1, -0.05) is 32.3 Å². The molecular formula is C17H28N3O4S+. The lowest BCUT2D eigenvalue weighted by atomic mass is 10.1. The number of carbonyl (C=O) groups excluding carboxylic acids is 1. The standard InChI is InChI=1S/C17H28N3O4S/c1-4-5-6-7-11-23-16-15(18-25-19-16)14-9-8-10-20(2,12-14)13-24-17(21)22-3/h9H,4-8,10-13H2,1-3H3/q+1. The van der Waals surface area contributed by atoms with Gasteiger partial charge in [0, 0.05) is 12.0 Å². The van der Waals surface area contributed by atoms with E-state index in [2.05, 4.69) is 33.5 Å². The molecule has 1 aliphatic rings. The van der Waals surface area contributed by atoms with Gasteiger partial charge >= 0.3 is 6.16 Å². The van der Waals surface area contributed by atoms with Gasteiger partial charge in [-0.3, -0.25) is 4.48 Å². The number of hydrogen-bond acceptors (Lipinski definition) is 7. The number of methoxy groups -OCH3 is 1. The third-order valence-corrected chi connectivity index (χ3v) is 4.78. The number of hydrogen-bond donors (Lipinski definition) is 0. The molecule has 0 fully saturated rings. The third-order valence-electron chi connectivity index (χ3n) is 4.27. The van der Waals surface area contributed by atoms with Crippen LogP contribution in [0.5, 0.6) is 5.88 Å². The van der Waals surface area contributed by atoms with Crippen molar-refractivity contribution in [1.29, 1.82) is 0 Å².